The zero-order chi connectivity index (χ0) is 13.0. The van der Waals surface area contributed by atoms with Crippen LogP contribution in [0.15, 0.2) is 24.3 Å². The van der Waals surface area contributed by atoms with E-state index in [1.807, 2.05) is 18.2 Å². The Labute approximate surface area is 108 Å². The van der Waals surface area contributed by atoms with Gasteiger partial charge in [0.05, 0.1) is 0 Å². The number of hydrogen-bond donors (Lipinski definition) is 0. The SMILES string of the molecule is COC(CC1CCCc2ccccc2C1=O)OC. The van der Waals surface area contributed by atoms with E-state index in [4.69, 9.17) is 9.47 Å². The number of ketones is 1. The molecule has 3 heteroatoms. The summed E-state index contributed by atoms with van der Waals surface area (Å²) in [5.74, 6) is 0.251. The Morgan fingerprint density at radius 2 is 2.00 bits per heavy atom. The first kappa shape index (κ1) is 13.2. The van der Waals surface area contributed by atoms with Crippen LogP contribution in [0.25, 0.3) is 0 Å². The highest BCUT2D eigenvalue weighted by atomic mass is 16.7. The summed E-state index contributed by atoms with van der Waals surface area (Å²) in [4.78, 5) is 12.5. The molecular formula is C15H20O3. The van der Waals surface area contributed by atoms with Crippen molar-refractivity contribution in [2.24, 2.45) is 5.92 Å². The summed E-state index contributed by atoms with van der Waals surface area (Å²) >= 11 is 0. The van der Waals surface area contributed by atoms with Crippen molar-refractivity contribution in [1.82, 2.24) is 0 Å². The van der Waals surface area contributed by atoms with E-state index >= 15 is 0 Å². The fraction of sp³-hybridized carbons (Fsp3) is 0.533. The second-order valence-corrected chi connectivity index (χ2v) is 4.75. The van der Waals surface area contributed by atoms with E-state index in [1.165, 1.54) is 5.56 Å². The molecule has 1 aliphatic carbocycles. The van der Waals surface area contributed by atoms with Crippen LogP contribution in [0.4, 0.5) is 0 Å². The molecule has 1 aliphatic rings. The van der Waals surface area contributed by atoms with Gasteiger partial charge in [0.2, 0.25) is 0 Å². The molecule has 0 aromatic heterocycles. The molecule has 1 unspecified atom stereocenters. The van der Waals surface area contributed by atoms with Gasteiger partial charge >= 0.3 is 0 Å². The molecule has 1 aromatic carbocycles. The number of methoxy groups -OCH3 is 2. The van der Waals surface area contributed by atoms with Crippen molar-refractivity contribution in [3.05, 3.63) is 35.4 Å². The minimum atomic E-state index is -0.288. The first-order chi connectivity index (χ1) is 8.76. The summed E-state index contributed by atoms with van der Waals surface area (Å²) in [5, 5.41) is 0. The molecule has 0 radical (unpaired) electrons. The van der Waals surface area contributed by atoms with Gasteiger partial charge in [-0.25, -0.2) is 0 Å². The Bertz CT molecular complexity index is 410. The topological polar surface area (TPSA) is 35.5 Å². The smallest absolute Gasteiger partial charge is 0.166 e. The van der Waals surface area contributed by atoms with Gasteiger partial charge in [-0.05, 0) is 24.8 Å². The number of carbonyl (C=O) groups excluding carboxylic acids is 1. The minimum Gasteiger partial charge on any atom is -0.356 e. The van der Waals surface area contributed by atoms with Crippen LogP contribution >= 0.6 is 0 Å². The molecule has 1 atom stereocenters. The summed E-state index contributed by atoms with van der Waals surface area (Å²) in [6.07, 6.45) is 3.30. The molecule has 3 nitrogen and oxygen atoms in total. The molecule has 2 rings (SSSR count). The molecule has 0 bridgehead atoms. The summed E-state index contributed by atoms with van der Waals surface area (Å²) in [7, 11) is 3.23. The number of aryl methyl sites for hydroxylation is 1. The van der Waals surface area contributed by atoms with Crippen LogP contribution < -0.4 is 0 Å². The lowest BCUT2D eigenvalue weighted by Crippen LogP contribution is -2.23. The lowest BCUT2D eigenvalue weighted by molar-refractivity contribution is -0.112. The van der Waals surface area contributed by atoms with Gasteiger partial charge in [-0.2, -0.15) is 0 Å². The van der Waals surface area contributed by atoms with Crippen molar-refractivity contribution in [3.63, 3.8) is 0 Å². The van der Waals surface area contributed by atoms with E-state index in [-0.39, 0.29) is 18.0 Å². The Morgan fingerprint density at radius 1 is 1.28 bits per heavy atom. The quantitative estimate of drug-likeness (QED) is 0.607. The lowest BCUT2D eigenvalue weighted by Gasteiger charge is -2.19. The monoisotopic (exact) mass is 248 g/mol. The van der Waals surface area contributed by atoms with Crippen molar-refractivity contribution in [2.75, 3.05) is 14.2 Å². The Hall–Kier alpha value is -1.19. The molecule has 0 fully saturated rings. The number of Topliss-reactive ketones (excluding diaryl/α,β-unsaturated/α-hetero) is 1. The predicted molar refractivity (Wildman–Crippen MR) is 69.6 cm³/mol. The Morgan fingerprint density at radius 3 is 2.72 bits per heavy atom. The maximum absolute atomic E-state index is 12.5. The van der Waals surface area contributed by atoms with Crippen molar-refractivity contribution < 1.29 is 14.3 Å². The third-order valence-electron chi connectivity index (χ3n) is 3.66. The molecule has 0 saturated heterocycles. The molecule has 0 aliphatic heterocycles. The van der Waals surface area contributed by atoms with Crippen LogP contribution in [0.1, 0.15) is 35.2 Å². The van der Waals surface area contributed by atoms with E-state index in [0.717, 1.165) is 24.8 Å². The number of benzene rings is 1. The average Bonchev–Trinajstić information content (AvgIpc) is 2.56. The van der Waals surface area contributed by atoms with Crippen LogP contribution in [0.5, 0.6) is 0 Å². The van der Waals surface area contributed by atoms with Crippen LogP contribution in [-0.4, -0.2) is 26.3 Å². The van der Waals surface area contributed by atoms with Crippen molar-refractivity contribution in [3.8, 4) is 0 Å². The van der Waals surface area contributed by atoms with Gasteiger partial charge in [-0.15, -0.1) is 0 Å². The van der Waals surface area contributed by atoms with Crippen LogP contribution in [-0.2, 0) is 15.9 Å². The van der Waals surface area contributed by atoms with Crippen molar-refractivity contribution >= 4 is 5.78 Å². The van der Waals surface area contributed by atoms with Gasteiger partial charge in [-0.1, -0.05) is 24.3 Å². The molecule has 98 valence electrons. The Balaban J connectivity index is 2.17. The van der Waals surface area contributed by atoms with E-state index in [9.17, 15) is 4.79 Å². The summed E-state index contributed by atoms with van der Waals surface area (Å²) in [5.41, 5.74) is 2.06. The van der Waals surface area contributed by atoms with Crippen LogP contribution in [0, 0.1) is 5.92 Å². The standard InChI is InChI=1S/C15H20O3/c1-17-14(18-2)10-12-8-5-7-11-6-3-4-9-13(11)15(12)16/h3-4,6,9,12,14H,5,7-8,10H2,1-2H3. The van der Waals surface area contributed by atoms with Crippen LogP contribution in [0.3, 0.4) is 0 Å². The molecule has 0 saturated carbocycles. The second-order valence-electron chi connectivity index (χ2n) is 4.75. The predicted octanol–water partition coefficient (Wildman–Crippen LogP) is 2.83. The number of ether oxygens (including phenoxy) is 2. The number of carbonyl (C=O) groups is 1. The third kappa shape index (κ3) is 2.79. The molecule has 0 N–H and O–H groups in total. The normalized spacial score (nSPS) is 19.7. The minimum absolute atomic E-state index is 0.0125. The third-order valence-corrected chi connectivity index (χ3v) is 3.66. The molecular weight excluding hydrogens is 228 g/mol. The molecule has 1 aromatic rings. The van der Waals surface area contributed by atoms with Crippen LogP contribution in [0.2, 0.25) is 0 Å². The highest BCUT2D eigenvalue weighted by molar-refractivity contribution is 5.99. The fourth-order valence-corrected chi connectivity index (χ4v) is 2.61. The van der Waals surface area contributed by atoms with Gasteiger partial charge in [-0.3, -0.25) is 4.79 Å². The molecule has 18 heavy (non-hydrogen) atoms. The van der Waals surface area contributed by atoms with E-state index in [1.54, 1.807) is 14.2 Å². The number of rotatable bonds is 4. The average molecular weight is 248 g/mol. The van der Waals surface area contributed by atoms with Gasteiger partial charge in [0.25, 0.3) is 0 Å². The van der Waals surface area contributed by atoms with E-state index in [0.29, 0.717) is 6.42 Å². The van der Waals surface area contributed by atoms with Gasteiger partial charge in [0.15, 0.2) is 12.1 Å². The lowest BCUT2D eigenvalue weighted by atomic mass is 9.92. The first-order valence-electron chi connectivity index (χ1n) is 6.44. The van der Waals surface area contributed by atoms with E-state index < -0.39 is 0 Å². The fourth-order valence-electron chi connectivity index (χ4n) is 2.61. The highest BCUT2D eigenvalue weighted by Gasteiger charge is 2.27. The highest BCUT2D eigenvalue weighted by Crippen LogP contribution is 2.28. The first-order valence-corrected chi connectivity index (χ1v) is 6.44. The van der Waals surface area contributed by atoms with Gasteiger partial charge in [0, 0.05) is 32.1 Å². The second kappa shape index (κ2) is 6.12. The number of hydrogen-bond acceptors (Lipinski definition) is 3. The zero-order valence-electron chi connectivity index (χ0n) is 11.0. The summed E-state index contributed by atoms with van der Waals surface area (Å²) in [6.45, 7) is 0. The van der Waals surface area contributed by atoms with Gasteiger partial charge in [0.1, 0.15) is 0 Å². The zero-order valence-corrected chi connectivity index (χ0v) is 11.0. The molecule has 0 spiro atoms. The van der Waals surface area contributed by atoms with E-state index in [2.05, 4.69) is 6.07 Å². The van der Waals surface area contributed by atoms with Gasteiger partial charge < -0.3 is 9.47 Å². The largest absolute Gasteiger partial charge is 0.356 e. The molecule has 0 heterocycles. The van der Waals surface area contributed by atoms with Crippen molar-refractivity contribution in [1.29, 1.82) is 0 Å². The maximum Gasteiger partial charge on any atom is 0.166 e. The maximum atomic E-state index is 12.5. The Kier molecular flexibility index (Phi) is 4.50. The molecule has 0 amide bonds. The number of fused-ring (bicyclic) bond motifs is 1. The summed E-state index contributed by atoms with van der Waals surface area (Å²) in [6, 6.07) is 7.92. The summed E-state index contributed by atoms with van der Waals surface area (Å²) < 4.78 is 10.4. The van der Waals surface area contributed by atoms with Crippen molar-refractivity contribution in [2.45, 2.75) is 32.0 Å².